The number of carbonyl (C=O) groups is 2. The third-order valence-electron chi connectivity index (χ3n) is 5.90. The SMILES string of the molecule is COC(=O)CC(C)CC(=O)c1c(CCCCOCc2ccccc2)n(C)c2ncc(C#N)cc12. The van der Waals surface area contributed by atoms with Crippen LogP contribution in [0, 0.1) is 17.2 Å². The molecule has 0 aliphatic carbocycles. The van der Waals surface area contributed by atoms with Gasteiger partial charge in [-0.3, -0.25) is 9.59 Å². The second kappa shape index (κ2) is 12.1. The fourth-order valence-electron chi connectivity index (χ4n) is 4.14. The Morgan fingerprint density at radius 2 is 1.94 bits per heavy atom. The summed E-state index contributed by atoms with van der Waals surface area (Å²) in [5.41, 5.74) is 3.73. The number of carbonyl (C=O) groups excluding carboxylic acids is 2. The number of fused-ring (bicyclic) bond motifs is 1. The molecular formula is C27H31N3O4. The normalized spacial score (nSPS) is 11.8. The number of pyridine rings is 1. The van der Waals surface area contributed by atoms with Gasteiger partial charge in [0, 0.05) is 49.3 Å². The van der Waals surface area contributed by atoms with E-state index in [1.807, 2.05) is 48.9 Å². The molecular weight excluding hydrogens is 430 g/mol. The quantitative estimate of drug-likeness (QED) is 0.219. The highest BCUT2D eigenvalue weighted by Crippen LogP contribution is 2.29. The molecule has 0 fully saturated rings. The van der Waals surface area contributed by atoms with E-state index >= 15 is 0 Å². The average Bonchev–Trinajstić information content (AvgIpc) is 3.12. The summed E-state index contributed by atoms with van der Waals surface area (Å²) in [6, 6.07) is 13.9. The molecule has 0 bridgehead atoms. The lowest BCUT2D eigenvalue weighted by atomic mass is 9.94. The molecule has 0 amide bonds. The van der Waals surface area contributed by atoms with E-state index in [2.05, 4.69) is 11.1 Å². The van der Waals surface area contributed by atoms with Gasteiger partial charge in [0.05, 0.1) is 19.3 Å². The Morgan fingerprint density at radius 3 is 2.65 bits per heavy atom. The van der Waals surface area contributed by atoms with Gasteiger partial charge in [0.25, 0.3) is 0 Å². The zero-order valence-electron chi connectivity index (χ0n) is 20.0. The highest BCUT2D eigenvalue weighted by Gasteiger charge is 2.24. The number of rotatable bonds is 12. The summed E-state index contributed by atoms with van der Waals surface area (Å²) in [6.45, 7) is 3.08. The minimum Gasteiger partial charge on any atom is -0.469 e. The second-order valence-corrected chi connectivity index (χ2v) is 8.60. The summed E-state index contributed by atoms with van der Waals surface area (Å²) >= 11 is 0. The minimum atomic E-state index is -0.331. The molecule has 2 heterocycles. The number of aromatic nitrogens is 2. The van der Waals surface area contributed by atoms with Gasteiger partial charge in [-0.2, -0.15) is 5.26 Å². The highest BCUT2D eigenvalue weighted by atomic mass is 16.5. The molecule has 0 aliphatic heterocycles. The number of nitriles is 1. The third kappa shape index (κ3) is 6.30. The first kappa shape index (κ1) is 25.1. The monoisotopic (exact) mass is 461 g/mol. The van der Waals surface area contributed by atoms with Crippen molar-refractivity contribution in [1.82, 2.24) is 9.55 Å². The van der Waals surface area contributed by atoms with Crippen molar-refractivity contribution in [2.45, 2.75) is 45.6 Å². The Morgan fingerprint density at radius 1 is 1.18 bits per heavy atom. The van der Waals surface area contributed by atoms with E-state index in [9.17, 15) is 14.9 Å². The maximum absolute atomic E-state index is 13.4. The second-order valence-electron chi connectivity index (χ2n) is 8.60. The topological polar surface area (TPSA) is 94.2 Å². The van der Waals surface area contributed by atoms with Crippen LogP contribution in [0.5, 0.6) is 0 Å². The van der Waals surface area contributed by atoms with Crippen LogP contribution in [0.2, 0.25) is 0 Å². The van der Waals surface area contributed by atoms with Gasteiger partial charge in [0.2, 0.25) is 0 Å². The Hall–Kier alpha value is -3.50. The first-order chi connectivity index (χ1) is 16.4. The summed E-state index contributed by atoms with van der Waals surface area (Å²) in [5.74, 6) is -0.529. The third-order valence-corrected chi connectivity index (χ3v) is 5.90. The molecule has 7 heteroatoms. The van der Waals surface area contributed by atoms with Crippen molar-refractivity contribution in [1.29, 1.82) is 5.26 Å². The predicted molar refractivity (Wildman–Crippen MR) is 129 cm³/mol. The molecule has 0 saturated carbocycles. The summed E-state index contributed by atoms with van der Waals surface area (Å²) in [7, 11) is 3.25. The molecule has 0 radical (unpaired) electrons. The van der Waals surface area contributed by atoms with E-state index in [4.69, 9.17) is 9.47 Å². The Balaban J connectivity index is 1.72. The largest absolute Gasteiger partial charge is 0.469 e. The van der Waals surface area contributed by atoms with Gasteiger partial charge < -0.3 is 14.0 Å². The van der Waals surface area contributed by atoms with Crippen LogP contribution in [0.4, 0.5) is 0 Å². The molecule has 0 spiro atoms. The lowest BCUT2D eigenvalue weighted by Gasteiger charge is -2.11. The predicted octanol–water partition coefficient (Wildman–Crippen LogP) is 4.76. The molecule has 0 aliphatic rings. The van der Waals surface area contributed by atoms with Crippen molar-refractivity contribution < 1.29 is 19.1 Å². The van der Waals surface area contributed by atoms with Gasteiger partial charge in [-0.05, 0) is 36.8 Å². The molecule has 1 unspecified atom stereocenters. The number of Topliss-reactive ketones (excluding diaryl/α,β-unsaturated/α-hetero) is 1. The fraction of sp³-hybridized carbons (Fsp3) is 0.407. The first-order valence-corrected chi connectivity index (χ1v) is 11.5. The van der Waals surface area contributed by atoms with Crippen LogP contribution in [0.3, 0.4) is 0 Å². The fourth-order valence-corrected chi connectivity index (χ4v) is 4.14. The summed E-state index contributed by atoms with van der Waals surface area (Å²) in [6.07, 6.45) is 4.33. The molecule has 3 aromatic rings. The molecule has 0 N–H and O–H groups in total. The summed E-state index contributed by atoms with van der Waals surface area (Å²) in [5, 5.41) is 10.0. The molecule has 3 rings (SSSR count). The van der Waals surface area contributed by atoms with E-state index in [-0.39, 0.29) is 30.5 Å². The maximum atomic E-state index is 13.4. The van der Waals surface area contributed by atoms with Crippen molar-refractivity contribution in [3.05, 3.63) is 65.0 Å². The van der Waals surface area contributed by atoms with Crippen LogP contribution < -0.4 is 0 Å². The number of esters is 1. The lowest BCUT2D eigenvalue weighted by molar-refractivity contribution is -0.141. The van der Waals surface area contributed by atoms with Gasteiger partial charge in [-0.15, -0.1) is 0 Å². The molecule has 34 heavy (non-hydrogen) atoms. The smallest absolute Gasteiger partial charge is 0.305 e. The standard InChI is InChI=1S/C27H31N3O4/c1-19(14-25(32)33-3)13-24(31)26-22-15-21(16-28)17-29-27(22)30(2)23(26)11-7-8-12-34-18-20-9-5-4-6-10-20/h4-6,9-10,15,17,19H,7-8,11-14,18H2,1-3H3. The summed E-state index contributed by atoms with van der Waals surface area (Å²) < 4.78 is 12.5. The number of aryl methyl sites for hydroxylation is 1. The van der Waals surface area contributed by atoms with Crippen molar-refractivity contribution in [3.8, 4) is 6.07 Å². The molecule has 1 aromatic carbocycles. The number of benzene rings is 1. The Labute approximate surface area is 200 Å². The molecule has 0 saturated heterocycles. The Bertz CT molecular complexity index is 1180. The summed E-state index contributed by atoms with van der Waals surface area (Å²) in [4.78, 5) is 29.4. The minimum absolute atomic E-state index is 0.0470. The van der Waals surface area contributed by atoms with Crippen molar-refractivity contribution >= 4 is 22.8 Å². The van der Waals surface area contributed by atoms with Gasteiger partial charge >= 0.3 is 5.97 Å². The van der Waals surface area contributed by atoms with E-state index in [0.29, 0.717) is 41.8 Å². The number of methoxy groups -OCH3 is 1. The van der Waals surface area contributed by atoms with Crippen LogP contribution in [-0.2, 0) is 34.3 Å². The Kier molecular flexibility index (Phi) is 8.94. The number of ether oxygens (including phenoxy) is 2. The van der Waals surface area contributed by atoms with Crippen LogP contribution in [0.1, 0.15) is 59.8 Å². The number of ketones is 1. The first-order valence-electron chi connectivity index (χ1n) is 11.5. The van der Waals surface area contributed by atoms with Gasteiger partial charge in [-0.25, -0.2) is 4.98 Å². The number of hydrogen-bond acceptors (Lipinski definition) is 6. The number of nitrogens with zero attached hydrogens (tertiary/aromatic N) is 3. The van der Waals surface area contributed by atoms with E-state index in [1.165, 1.54) is 13.3 Å². The average molecular weight is 462 g/mol. The van der Waals surface area contributed by atoms with E-state index in [1.54, 1.807) is 6.07 Å². The van der Waals surface area contributed by atoms with Crippen LogP contribution in [0.25, 0.3) is 11.0 Å². The van der Waals surface area contributed by atoms with Crippen LogP contribution >= 0.6 is 0 Å². The van der Waals surface area contributed by atoms with E-state index < -0.39 is 0 Å². The molecule has 2 aromatic heterocycles. The number of hydrogen-bond donors (Lipinski definition) is 0. The van der Waals surface area contributed by atoms with Gasteiger partial charge in [-0.1, -0.05) is 37.3 Å². The van der Waals surface area contributed by atoms with Crippen molar-refractivity contribution in [3.63, 3.8) is 0 Å². The maximum Gasteiger partial charge on any atom is 0.305 e. The van der Waals surface area contributed by atoms with Crippen LogP contribution in [-0.4, -0.2) is 35.0 Å². The van der Waals surface area contributed by atoms with Crippen molar-refractivity contribution in [2.24, 2.45) is 13.0 Å². The zero-order chi connectivity index (χ0) is 24.5. The van der Waals surface area contributed by atoms with Crippen molar-refractivity contribution in [2.75, 3.05) is 13.7 Å². The van der Waals surface area contributed by atoms with Crippen LogP contribution in [0.15, 0.2) is 42.6 Å². The van der Waals surface area contributed by atoms with E-state index in [0.717, 1.165) is 24.1 Å². The number of unbranched alkanes of at least 4 members (excludes halogenated alkanes) is 1. The molecule has 178 valence electrons. The van der Waals surface area contributed by atoms with Gasteiger partial charge in [0.1, 0.15) is 11.7 Å². The van der Waals surface area contributed by atoms with Gasteiger partial charge in [0.15, 0.2) is 5.78 Å². The highest BCUT2D eigenvalue weighted by molar-refractivity contribution is 6.09. The molecule has 1 atom stereocenters. The molecule has 7 nitrogen and oxygen atoms in total. The lowest BCUT2D eigenvalue weighted by Crippen LogP contribution is -2.13. The zero-order valence-corrected chi connectivity index (χ0v) is 20.0.